The van der Waals surface area contributed by atoms with Crippen LogP contribution in [0, 0.1) is 6.92 Å². The van der Waals surface area contributed by atoms with Gasteiger partial charge in [0.25, 0.3) is 5.56 Å². The van der Waals surface area contributed by atoms with Crippen LogP contribution >= 0.6 is 11.6 Å². The van der Waals surface area contributed by atoms with E-state index in [1.165, 1.54) is 24.8 Å². The van der Waals surface area contributed by atoms with E-state index >= 15 is 0 Å². The topological polar surface area (TPSA) is 55.2 Å². The number of rotatable bonds is 14. The van der Waals surface area contributed by atoms with Crippen molar-refractivity contribution in [2.45, 2.75) is 84.6 Å². The Kier molecular flexibility index (Phi) is 11.1. The van der Waals surface area contributed by atoms with Crippen molar-refractivity contribution in [1.82, 2.24) is 14.5 Å². The molecule has 1 aromatic heterocycles. The first-order valence-corrected chi connectivity index (χ1v) is 15.4. The van der Waals surface area contributed by atoms with Crippen LogP contribution in [0.1, 0.15) is 88.2 Å². The van der Waals surface area contributed by atoms with Gasteiger partial charge < -0.3 is 4.90 Å². The highest BCUT2D eigenvalue weighted by molar-refractivity contribution is 6.30. The maximum Gasteiger partial charge on any atom is 0.266 e. The molecule has 1 atom stereocenters. The highest BCUT2D eigenvalue weighted by Crippen LogP contribution is 2.29. The summed E-state index contributed by atoms with van der Waals surface area (Å²) in [7, 11) is 0. The van der Waals surface area contributed by atoms with E-state index < -0.39 is 0 Å². The van der Waals surface area contributed by atoms with Gasteiger partial charge in [0.05, 0.1) is 22.6 Å². The summed E-state index contributed by atoms with van der Waals surface area (Å²) in [5.74, 6) is 0.705. The predicted molar refractivity (Wildman–Crippen MR) is 170 cm³/mol. The lowest BCUT2D eigenvalue weighted by Gasteiger charge is -2.33. The van der Waals surface area contributed by atoms with Crippen molar-refractivity contribution in [3.05, 3.63) is 105 Å². The Morgan fingerprint density at radius 2 is 1.63 bits per heavy atom. The number of carbonyl (C=O) groups is 1. The minimum Gasteiger partial charge on any atom is -0.332 e. The van der Waals surface area contributed by atoms with Crippen LogP contribution < -0.4 is 5.56 Å². The predicted octanol–water partition coefficient (Wildman–Crippen LogP) is 8.62. The molecule has 4 aromatic rings. The molecule has 0 fully saturated rings. The van der Waals surface area contributed by atoms with Gasteiger partial charge >= 0.3 is 0 Å². The summed E-state index contributed by atoms with van der Waals surface area (Å²) in [6.45, 7) is 6.79. The van der Waals surface area contributed by atoms with Gasteiger partial charge in [-0.2, -0.15) is 0 Å². The number of fused-ring (bicyclic) bond motifs is 1. The molecule has 0 bridgehead atoms. The smallest absolute Gasteiger partial charge is 0.266 e. The Labute approximate surface area is 249 Å². The molecule has 41 heavy (non-hydrogen) atoms. The lowest BCUT2D eigenvalue weighted by atomic mass is 10.0. The Balaban J connectivity index is 1.77. The van der Waals surface area contributed by atoms with Crippen molar-refractivity contribution in [2.24, 2.45) is 0 Å². The fourth-order valence-corrected chi connectivity index (χ4v) is 5.79. The minimum atomic E-state index is -0.362. The van der Waals surface area contributed by atoms with E-state index in [2.05, 4.69) is 26.0 Å². The fraction of sp³-hybridized carbons (Fsp3) is 0.400. The van der Waals surface area contributed by atoms with E-state index in [-0.39, 0.29) is 17.5 Å². The summed E-state index contributed by atoms with van der Waals surface area (Å²) in [5, 5.41) is 1.16. The summed E-state index contributed by atoms with van der Waals surface area (Å²) >= 11 is 6.29. The number of hydrogen-bond donors (Lipinski definition) is 0. The Morgan fingerprint density at radius 1 is 0.927 bits per heavy atom. The largest absolute Gasteiger partial charge is 0.332 e. The number of hydrogen-bond acceptors (Lipinski definition) is 3. The molecule has 216 valence electrons. The van der Waals surface area contributed by atoms with Crippen LogP contribution in [0.15, 0.2) is 77.6 Å². The number of para-hydroxylation sites is 1. The normalized spacial score (nSPS) is 12.0. The first kappa shape index (κ1) is 30.5. The number of aromatic nitrogens is 2. The second-order valence-corrected chi connectivity index (χ2v) is 11.3. The van der Waals surface area contributed by atoms with Crippen molar-refractivity contribution in [1.29, 1.82) is 0 Å². The van der Waals surface area contributed by atoms with Gasteiger partial charge in [-0.3, -0.25) is 14.2 Å². The lowest BCUT2D eigenvalue weighted by molar-refractivity contribution is -0.134. The quantitative estimate of drug-likeness (QED) is 0.142. The van der Waals surface area contributed by atoms with Crippen LogP contribution in [0.3, 0.4) is 0 Å². The van der Waals surface area contributed by atoms with E-state index in [0.29, 0.717) is 41.1 Å². The van der Waals surface area contributed by atoms with E-state index in [0.717, 1.165) is 36.9 Å². The number of amides is 1. The Bertz CT molecular complexity index is 1500. The van der Waals surface area contributed by atoms with E-state index in [1.807, 2.05) is 66.4 Å². The molecule has 4 rings (SSSR count). The molecule has 0 radical (unpaired) electrons. The van der Waals surface area contributed by atoms with Crippen LogP contribution in [-0.4, -0.2) is 26.9 Å². The zero-order valence-corrected chi connectivity index (χ0v) is 25.4. The molecule has 0 saturated carbocycles. The number of benzene rings is 3. The highest BCUT2D eigenvalue weighted by atomic mass is 35.5. The third-order valence-corrected chi connectivity index (χ3v) is 8.05. The van der Waals surface area contributed by atoms with Gasteiger partial charge in [-0.15, -0.1) is 0 Å². The van der Waals surface area contributed by atoms with Crippen LogP contribution in [0.5, 0.6) is 0 Å². The molecule has 0 aliphatic heterocycles. The van der Waals surface area contributed by atoms with E-state index in [4.69, 9.17) is 16.6 Å². The van der Waals surface area contributed by atoms with Gasteiger partial charge in [0.2, 0.25) is 5.91 Å². The first-order chi connectivity index (χ1) is 19.9. The van der Waals surface area contributed by atoms with E-state index in [1.54, 1.807) is 10.6 Å². The van der Waals surface area contributed by atoms with Crippen molar-refractivity contribution in [3.63, 3.8) is 0 Å². The van der Waals surface area contributed by atoms with Crippen LogP contribution in [0.2, 0.25) is 5.02 Å². The molecular formula is C35H42ClN3O2. The van der Waals surface area contributed by atoms with Crippen molar-refractivity contribution in [2.75, 3.05) is 6.54 Å². The van der Waals surface area contributed by atoms with Gasteiger partial charge in [0, 0.05) is 18.0 Å². The third kappa shape index (κ3) is 7.65. The molecule has 1 heterocycles. The Hall–Kier alpha value is -3.44. The molecule has 0 aliphatic carbocycles. The highest BCUT2D eigenvalue weighted by Gasteiger charge is 2.29. The molecule has 0 N–H and O–H groups in total. The average Bonchev–Trinajstić information content (AvgIpc) is 2.98. The van der Waals surface area contributed by atoms with Crippen LogP contribution in [0.25, 0.3) is 16.6 Å². The van der Waals surface area contributed by atoms with E-state index in [9.17, 15) is 9.59 Å². The number of carbonyl (C=O) groups excluding carboxylic acids is 1. The molecule has 1 unspecified atom stereocenters. The second-order valence-electron chi connectivity index (χ2n) is 10.8. The van der Waals surface area contributed by atoms with Crippen molar-refractivity contribution >= 4 is 28.4 Å². The van der Waals surface area contributed by atoms with Gasteiger partial charge in [0.1, 0.15) is 5.82 Å². The molecular weight excluding hydrogens is 530 g/mol. The average molecular weight is 572 g/mol. The summed E-state index contributed by atoms with van der Waals surface area (Å²) in [6.07, 6.45) is 8.61. The minimum absolute atomic E-state index is 0.116. The zero-order valence-electron chi connectivity index (χ0n) is 24.6. The summed E-state index contributed by atoms with van der Waals surface area (Å²) in [5.41, 5.74) is 3.29. The number of aryl methyl sites for hydroxylation is 1. The monoisotopic (exact) mass is 571 g/mol. The Morgan fingerprint density at radius 3 is 2.37 bits per heavy atom. The molecule has 3 aromatic carbocycles. The molecule has 5 nitrogen and oxygen atoms in total. The second kappa shape index (κ2) is 15.0. The van der Waals surface area contributed by atoms with Gasteiger partial charge in [0.15, 0.2) is 0 Å². The van der Waals surface area contributed by atoms with Crippen molar-refractivity contribution < 1.29 is 4.79 Å². The number of nitrogens with zero attached hydrogens (tertiary/aromatic N) is 3. The molecule has 0 aliphatic rings. The van der Waals surface area contributed by atoms with Crippen LogP contribution in [0.4, 0.5) is 0 Å². The van der Waals surface area contributed by atoms with Gasteiger partial charge in [-0.1, -0.05) is 100 Å². The lowest BCUT2D eigenvalue weighted by Crippen LogP contribution is -2.39. The van der Waals surface area contributed by atoms with Gasteiger partial charge in [-0.25, -0.2) is 4.98 Å². The molecule has 6 heteroatoms. The summed E-state index contributed by atoms with van der Waals surface area (Å²) in [4.78, 5) is 35.0. The number of halogens is 1. The maximum atomic E-state index is 14.1. The third-order valence-electron chi connectivity index (χ3n) is 7.81. The fourth-order valence-electron chi connectivity index (χ4n) is 5.57. The molecule has 0 spiro atoms. The molecule has 1 amide bonds. The maximum absolute atomic E-state index is 14.1. The number of unbranched alkanes of at least 4 members (excludes halogenated alkanes) is 5. The standard InChI is InChI=1S/C35H42ClN3O2/c1-4-6-7-8-9-13-20-33(40)38(24-23-27-16-11-10-12-17-27)31(5-2)34-37-30-19-15-14-18-29(30)35(41)39(34)32-22-21-28(36)25-26(32)3/h10-12,14-19,21-22,25,31H,4-9,13,20,23-24H2,1-3H3. The zero-order chi connectivity index (χ0) is 29.2. The SMILES string of the molecule is CCCCCCCCC(=O)N(CCc1ccccc1)C(CC)c1nc2ccccc2c(=O)n1-c1ccc(Cl)cc1C. The van der Waals surface area contributed by atoms with Gasteiger partial charge in [-0.05, 0) is 67.6 Å². The summed E-state index contributed by atoms with van der Waals surface area (Å²) < 4.78 is 1.70. The summed E-state index contributed by atoms with van der Waals surface area (Å²) in [6, 6.07) is 22.9. The van der Waals surface area contributed by atoms with Crippen LogP contribution in [-0.2, 0) is 11.2 Å². The molecule has 0 saturated heterocycles. The van der Waals surface area contributed by atoms with Crippen molar-refractivity contribution in [3.8, 4) is 5.69 Å². The first-order valence-electron chi connectivity index (χ1n) is 15.1.